The quantitative estimate of drug-likeness (QED) is 0.820. The van der Waals surface area contributed by atoms with Crippen molar-refractivity contribution >= 4 is 29.3 Å². The van der Waals surface area contributed by atoms with Crippen LogP contribution in [0.3, 0.4) is 0 Å². The van der Waals surface area contributed by atoms with Crippen LogP contribution in [0.1, 0.15) is 17.3 Å². The number of rotatable bonds is 4. The number of hydrogen-bond acceptors (Lipinski definition) is 2. The van der Waals surface area contributed by atoms with E-state index >= 15 is 0 Å². The number of hydrogen-bond donors (Lipinski definition) is 1. The van der Waals surface area contributed by atoms with Gasteiger partial charge in [-0.3, -0.25) is 0 Å². The van der Waals surface area contributed by atoms with E-state index in [2.05, 4.69) is 0 Å². The average Bonchev–Trinajstić information content (AvgIpc) is 2.26. The summed E-state index contributed by atoms with van der Waals surface area (Å²) in [5.41, 5.74) is 2.86. The Hall–Kier alpha value is -0.930. The van der Waals surface area contributed by atoms with Gasteiger partial charge in [0.15, 0.2) is 0 Å². The lowest BCUT2D eigenvalue weighted by molar-refractivity contribution is 0.0693. The fraction of sp³-hybridized carbons (Fsp3) is 0.182. The zero-order valence-corrected chi connectivity index (χ0v) is 9.81. The van der Waals surface area contributed by atoms with Crippen LogP contribution < -0.4 is 0 Å². The Morgan fingerprint density at radius 1 is 1.53 bits per heavy atom. The monoisotopic (exact) mass is 242 g/mol. The minimum atomic E-state index is -0.898. The molecular weight excluding hydrogens is 232 g/mol. The largest absolute Gasteiger partial charge is 0.478 e. The SMILES string of the molecule is C/C(=C/Cl)CSc1ccccc1C(=O)O. The summed E-state index contributed by atoms with van der Waals surface area (Å²) in [5.74, 6) is -0.195. The van der Waals surface area contributed by atoms with Gasteiger partial charge in [0.2, 0.25) is 0 Å². The molecule has 0 aromatic heterocycles. The summed E-state index contributed by atoms with van der Waals surface area (Å²) in [5, 5.41) is 8.93. The summed E-state index contributed by atoms with van der Waals surface area (Å²) in [4.78, 5) is 11.6. The molecule has 2 nitrogen and oxygen atoms in total. The van der Waals surface area contributed by atoms with Gasteiger partial charge in [0.05, 0.1) is 5.56 Å². The van der Waals surface area contributed by atoms with Crippen LogP contribution in [0.4, 0.5) is 0 Å². The third kappa shape index (κ3) is 3.61. The van der Waals surface area contributed by atoms with Crippen LogP contribution in [0.25, 0.3) is 0 Å². The molecule has 0 radical (unpaired) electrons. The maximum absolute atomic E-state index is 10.9. The van der Waals surface area contributed by atoms with Crippen molar-refractivity contribution in [3.8, 4) is 0 Å². The maximum atomic E-state index is 10.9. The Morgan fingerprint density at radius 3 is 2.80 bits per heavy atom. The number of benzene rings is 1. The number of halogens is 1. The molecule has 0 atom stereocenters. The fourth-order valence-corrected chi connectivity index (χ4v) is 2.11. The minimum Gasteiger partial charge on any atom is -0.478 e. The van der Waals surface area contributed by atoms with Crippen molar-refractivity contribution < 1.29 is 9.90 Å². The molecule has 15 heavy (non-hydrogen) atoms. The summed E-state index contributed by atoms with van der Waals surface area (Å²) in [7, 11) is 0. The molecule has 4 heteroatoms. The van der Waals surface area contributed by atoms with Gasteiger partial charge in [0.25, 0.3) is 0 Å². The van der Waals surface area contributed by atoms with E-state index in [9.17, 15) is 4.79 Å². The second kappa shape index (κ2) is 5.83. The van der Waals surface area contributed by atoms with Crippen molar-refractivity contribution in [2.75, 3.05) is 5.75 Å². The summed E-state index contributed by atoms with van der Waals surface area (Å²) in [6.45, 7) is 1.91. The number of aromatic carboxylic acids is 1. The normalized spacial score (nSPS) is 11.5. The van der Waals surface area contributed by atoms with Crippen molar-refractivity contribution in [1.82, 2.24) is 0 Å². The van der Waals surface area contributed by atoms with E-state index in [1.807, 2.05) is 13.0 Å². The zero-order chi connectivity index (χ0) is 11.3. The minimum absolute atomic E-state index is 0.338. The number of carboxylic acids is 1. The van der Waals surface area contributed by atoms with Crippen molar-refractivity contribution in [1.29, 1.82) is 0 Å². The molecule has 0 amide bonds. The van der Waals surface area contributed by atoms with Crippen LogP contribution in [0.2, 0.25) is 0 Å². The molecule has 0 bridgehead atoms. The first-order valence-electron chi connectivity index (χ1n) is 4.36. The third-order valence-corrected chi connectivity index (χ3v) is 3.40. The van der Waals surface area contributed by atoms with Gasteiger partial charge in [-0.2, -0.15) is 0 Å². The van der Waals surface area contributed by atoms with E-state index in [1.165, 1.54) is 17.3 Å². The molecule has 1 aromatic rings. The maximum Gasteiger partial charge on any atom is 0.336 e. The molecule has 0 heterocycles. The third-order valence-electron chi connectivity index (χ3n) is 1.76. The molecule has 0 fully saturated rings. The van der Waals surface area contributed by atoms with E-state index in [0.29, 0.717) is 11.3 Å². The van der Waals surface area contributed by atoms with Crippen molar-refractivity contribution in [3.05, 3.63) is 40.9 Å². The van der Waals surface area contributed by atoms with Gasteiger partial charge in [-0.05, 0) is 19.1 Å². The van der Waals surface area contributed by atoms with Gasteiger partial charge in [-0.25, -0.2) is 4.79 Å². The topological polar surface area (TPSA) is 37.3 Å². The molecule has 0 aliphatic rings. The summed E-state index contributed by atoms with van der Waals surface area (Å²) >= 11 is 7.00. The van der Waals surface area contributed by atoms with E-state index in [1.54, 1.807) is 18.2 Å². The number of thioether (sulfide) groups is 1. The highest BCUT2D eigenvalue weighted by molar-refractivity contribution is 7.99. The molecule has 0 unspecified atom stereocenters. The number of carboxylic acid groups (broad SMARTS) is 1. The predicted octanol–water partition coefficient (Wildman–Crippen LogP) is 3.62. The highest BCUT2D eigenvalue weighted by atomic mass is 35.5. The molecule has 1 N–H and O–H groups in total. The second-order valence-corrected chi connectivity index (χ2v) is 4.28. The molecule has 1 rings (SSSR count). The Labute approximate surface area is 97.9 Å². The lowest BCUT2D eigenvalue weighted by Gasteiger charge is -2.04. The van der Waals surface area contributed by atoms with E-state index in [0.717, 1.165) is 10.5 Å². The molecule has 1 aromatic carbocycles. The zero-order valence-electron chi connectivity index (χ0n) is 8.24. The first-order valence-corrected chi connectivity index (χ1v) is 5.78. The highest BCUT2D eigenvalue weighted by Gasteiger charge is 2.08. The Morgan fingerprint density at radius 2 is 2.20 bits per heavy atom. The summed E-state index contributed by atoms with van der Waals surface area (Å²) < 4.78 is 0. The lowest BCUT2D eigenvalue weighted by Crippen LogP contribution is -1.98. The number of carbonyl (C=O) groups is 1. The Kier molecular flexibility index (Phi) is 4.72. The van der Waals surface area contributed by atoms with Gasteiger partial charge in [-0.15, -0.1) is 11.8 Å². The van der Waals surface area contributed by atoms with Crippen LogP contribution in [0.15, 0.2) is 40.3 Å². The standard InChI is InChI=1S/C11H11ClO2S/c1-8(6-12)7-15-10-5-3-2-4-9(10)11(13)14/h2-6H,7H2,1H3,(H,13,14)/b8-6-. The lowest BCUT2D eigenvalue weighted by atomic mass is 10.2. The van der Waals surface area contributed by atoms with E-state index in [4.69, 9.17) is 16.7 Å². The Balaban J connectivity index is 2.80. The molecule has 0 aliphatic heterocycles. The summed E-state index contributed by atoms with van der Waals surface area (Å²) in [6, 6.07) is 6.95. The van der Waals surface area contributed by atoms with E-state index < -0.39 is 5.97 Å². The molecule has 0 aliphatic carbocycles. The first-order chi connectivity index (χ1) is 7.15. The van der Waals surface area contributed by atoms with Crippen molar-refractivity contribution in [2.45, 2.75) is 11.8 Å². The average molecular weight is 243 g/mol. The highest BCUT2D eigenvalue weighted by Crippen LogP contribution is 2.24. The van der Waals surface area contributed by atoms with Crippen LogP contribution in [0, 0.1) is 0 Å². The second-order valence-electron chi connectivity index (χ2n) is 3.05. The fourth-order valence-electron chi connectivity index (χ4n) is 0.992. The van der Waals surface area contributed by atoms with Gasteiger partial charge in [0.1, 0.15) is 0 Å². The van der Waals surface area contributed by atoms with Crippen molar-refractivity contribution in [2.24, 2.45) is 0 Å². The van der Waals surface area contributed by atoms with Crippen LogP contribution in [-0.4, -0.2) is 16.8 Å². The first kappa shape index (κ1) is 12.1. The Bertz CT molecular complexity index is 388. The molecule has 0 saturated carbocycles. The van der Waals surface area contributed by atoms with Gasteiger partial charge >= 0.3 is 5.97 Å². The van der Waals surface area contributed by atoms with Crippen LogP contribution in [0.5, 0.6) is 0 Å². The van der Waals surface area contributed by atoms with Gasteiger partial charge in [-0.1, -0.05) is 29.3 Å². The van der Waals surface area contributed by atoms with Gasteiger partial charge < -0.3 is 5.11 Å². The molecule has 0 spiro atoms. The van der Waals surface area contributed by atoms with Gasteiger partial charge in [0, 0.05) is 16.2 Å². The predicted molar refractivity (Wildman–Crippen MR) is 63.7 cm³/mol. The molecule has 0 saturated heterocycles. The van der Waals surface area contributed by atoms with Crippen LogP contribution >= 0.6 is 23.4 Å². The summed E-state index contributed by atoms with van der Waals surface area (Å²) in [6.07, 6.45) is 0. The van der Waals surface area contributed by atoms with Crippen molar-refractivity contribution in [3.63, 3.8) is 0 Å². The molecule has 80 valence electrons. The molecular formula is C11H11ClO2S. The van der Waals surface area contributed by atoms with E-state index in [-0.39, 0.29) is 0 Å². The smallest absolute Gasteiger partial charge is 0.336 e. The van der Waals surface area contributed by atoms with Crippen LogP contribution in [-0.2, 0) is 0 Å².